The van der Waals surface area contributed by atoms with Crippen LogP contribution in [-0.4, -0.2) is 49.9 Å². The lowest BCUT2D eigenvalue weighted by molar-refractivity contribution is -0.154. The highest BCUT2D eigenvalue weighted by Crippen LogP contribution is 2.43. The van der Waals surface area contributed by atoms with Crippen LogP contribution >= 0.6 is 7.82 Å². The lowest BCUT2D eigenvalue weighted by Gasteiger charge is -2.20. The molecule has 3 N–H and O–H groups in total. The summed E-state index contributed by atoms with van der Waals surface area (Å²) >= 11 is 0. The highest BCUT2D eigenvalue weighted by molar-refractivity contribution is 7.47. The van der Waals surface area contributed by atoms with Crippen LogP contribution < -0.4 is 5.73 Å². The largest absolute Gasteiger partial charge is 0.472 e. The fourth-order valence-electron chi connectivity index (χ4n) is 6.20. The molecule has 0 amide bonds. The summed E-state index contributed by atoms with van der Waals surface area (Å²) in [5.74, 6) is -0.347. The molecule has 0 bridgehead atoms. The van der Waals surface area contributed by atoms with Gasteiger partial charge in [0.1, 0.15) is 6.10 Å². The van der Waals surface area contributed by atoms with E-state index in [1.165, 1.54) is 83.5 Å². The first-order chi connectivity index (χ1) is 28.4. The van der Waals surface area contributed by atoms with E-state index in [0.717, 1.165) is 89.9 Å². The van der Waals surface area contributed by atoms with Crippen molar-refractivity contribution in [2.24, 2.45) is 5.73 Å². The second kappa shape index (κ2) is 46.0. The molecule has 0 radical (unpaired) electrons. The molecule has 2 atom stereocenters. The molecule has 336 valence electrons. The molecule has 0 saturated heterocycles. The van der Waals surface area contributed by atoms with Crippen LogP contribution in [-0.2, 0) is 27.9 Å². The Morgan fingerprint density at radius 1 is 0.534 bits per heavy atom. The summed E-state index contributed by atoms with van der Waals surface area (Å²) < 4.78 is 33.5. The summed E-state index contributed by atoms with van der Waals surface area (Å²) in [4.78, 5) is 22.5. The molecule has 0 heterocycles. The summed E-state index contributed by atoms with van der Waals surface area (Å²) in [6.07, 6.45) is 57.9. The van der Waals surface area contributed by atoms with Gasteiger partial charge in [-0.15, -0.1) is 0 Å². The van der Waals surface area contributed by atoms with Gasteiger partial charge in [0.25, 0.3) is 0 Å². The lowest BCUT2D eigenvalue weighted by Crippen LogP contribution is -2.28. The number of carbonyl (C=O) groups is 1. The standard InChI is InChI=1S/C49H88NO7P/c1-3-5-7-9-11-13-15-17-18-19-20-21-22-23-24-25-26-27-28-29-31-33-35-37-39-41-44-54-46-48(47-56-58(52,53)55-45-43-50)57-49(51)42-40-38-36-34-32-30-16-14-12-10-8-6-4-2/h5,7-8,10-11,13-14,16-18,20-21,48H,3-4,6,9,12,15,19,22-47,50H2,1-2H3,(H,52,53)/b7-5-,10-8-,13-11-,16-14-,18-17-,21-20-. The van der Waals surface area contributed by atoms with Crippen molar-refractivity contribution in [3.63, 3.8) is 0 Å². The van der Waals surface area contributed by atoms with Crippen molar-refractivity contribution in [3.05, 3.63) is 72.9 Å². The minimum absolute atomic E-state index is 0.0951. The normalized spacial score (nSPS) is 14.1. The zero-order valence-corrected chi connectivity index (χ0v) is 38.2. The maximum Gasteiger partial charge on any atom is 0.472 e. The molecule has 0 spiro atoms. The van der Waals surface area contributed by atoms with Crippen molar-refractivity contribution in [1.29, 1.82) is 0 Å². The van der Waals surface area contributed by atoms with Gasteiger partial charge < -0.3 is 20.1 Å². The Hall–Kier alpha value is -2.06. The van der Waals surface area contributed by atoms with Crippen LogP contribution in [0.1, 0.15) is 194 Å². The van der Waals surface area contributed by atoms with E-state index in [0.29, 0.717) is 13.0 Å². The lowest BCUT2D eigenvalue weighted by atomic mass is 10.0. The van der Waals surface area contributed by atoms with Crippen molar-refractivity contribution < 1.29 is 32.8 Å². The number of carbonyl (C=O) groups excluding carboxylic acids is 1. The van der Waals surface area contributed by atoms with Crippen molar-refractivity contribution in [3.8, 4) is 0 Å². The minimum atomic E-state index is -4.28. The van der Waals surface area contributed by atoms with Crippen molar-refractivity contribution in [2.75, 3.05) is 33.0 Å². The smallest absolute Gasteiger partial charge is 0.457 e. The van der Waals surface area contributed by atoms with Crippen molar-refractivity contribution in [2.45, 2.75) is 200 Å². The van der Waals surface area contributed by atoms with E-state index < -0.39 is 13.9 Å². The number of phosphoric ester groups is 1. The molecular weight excluding hydrogens is 746 g/mol. The third kappa shape index (κ3) is 45.0. The Morgan fingerprint density at radius 2 is 0.966 bits per heavy atom. The number of hydrogen-bond acceptors (Lipinski definition) is 7. The number of phosphoric acid groups is 1. The highest BCUT2D eigenvalue weighted by Gasteiger charge is 2.25. The van der Waals surface area contributed by atoms with Gasteiger partial charge in [-0.05, 0) is 77.0 Å². The molecule has 0 aromatic carbocycles. The third-order valence-corrected chi connectivity index (χ3v) is 10.6. The molecule has 0 fully saturated rings. The van der Waals surface area contributed by atoms with Crippen molar-refractivity contribution in [1.82, 2.24) is 0 Å². The molecule has 0 saturated carbocycles. The number of allylic oxidation sites excluding steroid dienone is 12. The topological polar surface area (TPSA) is 117 Å². The third-order valence-electron chi connectivity index (χ3n) is 9.59. The van der Waals surface area contributed by atoms with Gasteiger partial charge in [0, 0.05) is 19.6 Å². The molecular formula is C49H88NO7P. The van der Waals surface area contributed by atoms with E-state index in [4.69, 9.17) is 24.3 Å². The monoisotopic (exact) mass is 834 g/mol. The predicted octanol–water partition coefficient (Wildman–Crippen LogP) is 14.3. The summed E-state index contributed by atoms with van der Waals surface area (Å²) in [5, 5.41) is 0. The quantitative estimate of drug-likeness (QED) is 0.0270. The molecule has 0 aromatic rings. The van der Waals surface area contributed by atoms with E-state index in [1.807, 2.05) is 0 Å². The maximum absolute atomic E-state index is 12.6. The van der Waals surface area contributed by atoms with Crippen molar-refractivity contribution >= 4 is 13.8 Å². The first-order valence-electron chi connectivity index (χ1n) is 23.4. The van der Waals surface area contributed by atoms with Gasteiger partial charge in [0.2, 0.25) is 0 Å². The predicted molar refractivity (Wildman–Crippen MR) is 247 cm³/mol. The number of ether oxygens (including phenoxy) is 2. The number of hydrogen-bond donors (Lipinski definition) is 2. The molecule has 2 unspecified atom stereocenters. The van der Waals surface area contributed by atoms with E-state index in [9.17, 15) is 14.3 Å². The van der Waals surface area contributed by atoms with Gasteiger partial charge in [-0.2, -0.15) is 0 Å². The van der Waals surface area contributed by atoms with Gasteiger partial charge in [-0.25, -0.2) is 4.57 Å². The Balaban J connectivity index is 3.92. The summed E-state index contributed by atoms with van der Waals surface area (Å²) in [7, 11) is -4.28. The molecule has 0 rings (SSSR count). The second-order valence-corrected chi connectivity index (χ2v) is 16.7. The summed E-state index contributed by atoms with van der Waals surface area (Å²) in [6.45, 7) is 4.72. The molecule has 8 nitrogen and oxygen atoms in total. The van der Waals surface area contributed by atoms with Gasteiger partial charge >= 0.3 is 13.8 Å². The Labute approximate surface area is 356 Å². The van der Waals surface area contributed by atoms with Crippen LogP contribution in [0.25, 0.3) is 0 Å². The zero-order chi connectivity index (χ0) is 42.3. The molecule has 9 heteroatoms. The van der Waals surface area contributed by atoms with Crippen LogP contribution in [0.2, 0.25) is 0 Å². The van der Waals surface area contributed by atoms with Crippen LogP contribution in [0.3, 0.4) is 0 Å². The molecule has 58 heavy (non-hydrogen) atoms. The maximum atomic E-state index is 12.6. The number of rotatable bonds is 44. The highest BCUT2D eigenvalue weighted by atomic mass is 31.2. The molecule has 0 aliphatic heterocycles. The van der Waals surface area contributed by atoms with Gasteiger partial charge in [0.05, 0.1) is 19.8 Å². The number of esters is 1. The number of nitrogens with two attached hydrogens (primary N) is 1. The average Bonchev–Trinajstić information content (AvgIpc) is 3.21. The second-order valence-electron chi connectivity index (χ2n) is 15.2. The Morgan fingerprint density at radius 3 is 1.45 bits per heavy atom. The molecule has 0 aliphatic rings. The Bertz CT molecular complexity index is 1120. The van der Waals surface area contributed by atoms with Gasteiger partial charge in [0.15, 0.2) is 0 Å². The van der Waals surface area contributed by atoms with E-state index in [1.54, 1.807) is 0 Å². The molecule has 0 aromatic heterocycles. The van der Waals surface area contributed by atoms with Gasteiger partial charge in [-0.1, -0.05) is 183 Å². The van der Waals surface area contributed by atoms with E-state index >= 15 is 0 Å². The Kier molecular flexibility index (Phi) is 44.4. The van der Waals surface area contributed by atoms with E-state index in [-0.39, 0.29) is 32.3 Å². The first kappa shape index (κ1) is 55.9. The summed E-state index contributed by atoms with van der Waals surface area (Å²) in [6, 6.07) is 0. The summed E-state index contributed by atoms with van der Waals surface area (Å²) in [5.41, 5.74) is 5.37. The minimum Gasteiger partial charge on any atom is -0.457 e. The average molecular weight is 834 g/mol. The van der Waals surface area contributed by atoms with Crippen LogP contribution in [0, 0.1) is 0 Å². The fourth-order valence-corrected chi connectivity index (χ4v) is 6.97. The number of unbranched alkanes of at least 4 members (excludes halogenated alkanes) is 19. The fraction of sp³-hybridized carbons (Fsp3) is 0.735. The van der Waals surface area contributed by atoms with Crippen LogP contribution in [0.5, 0.6) is 0 Å². The van der Waals surface area contributed by atoms with Crippen LogP contribution in [0.4, 0.5) is 0 Å². The van der Waals surface area contributed by atoms with Crippen LogP contribution in [0.15, 0.2) is 72.9 Å². The molecule has 0 aliphatic carbocycles. The SMILES string of the molecule is CC/C=C\C/C=C\C/C=C\C/C=C\CCCCCCCCCCCCCCCOCC(COP(=O)(O)OCCN)OC(=O)CCCCCCC/C=C\C/C=C\CCC. The zero-order valence-electron chi connectivity index (χ0n) is 37.3. The first-order valence-corrected chi connectivity index (χ1v) is 24.9. The van der Waals surface area contributed by atoms with Gasteiger partial charge in [-0.3, -0.25) is 13.8 Å². The van der Waals surface area contributed by atoms with E-state index in [2.05, 4.69) is 86.8 Å².